The number of ether oxygens (including phenoxy) is 1. The second-order valence-corrected chi connectivity index (χ2v) is 11.3. The van der Waals surface area contributed by atoms with Gasteiger partial charge in [-0.05, 0) is 36.0 Å². The molecule has 0 aromatic carbocycles. The van der Waals surface area contributed by atoms with Crippen molar-refractivity contribution in [2.75, 3.05) is 43.9 Å². The molecule has 32 heavy (non-hydrogen) atoms. The molecule has 0 bridgehead atoms. The summed E-state index contributed by atoms with van der Waals surface area (Å²) in [4.78, 5) is 11.2. The van der Waals surface area contributed by atoms with Crippen LogP contribution in [0, 0.1) is 17.8 Å². The lowest BCUT2D eigenvalue weighted by atomic mass is 10.1. The summed E-state index contributed by atoms with van der Waals surface area (Å²) in [6.07, 6.45) is 5.62. The molecule has 2 aromatic heterocycles. The Kier molecular flexibility index (Phi) is 5.45. The van der Waals surface area contributed by atoms with Crippen molar-refractivity contribution in [1.29, 1.82) is 0 Å². The third-order valence-corrected chi connectivity index (χ3v) is 8.01. The molecule has 2 fully saturated rings. The van der Waals surface area contributed by atoms with Crippen LogP contribution in [0.15, 0.2) is 28.9 Å². The molecule has 0 N–H and O–H groups in total. The highest BCUT2D eigenvalue weighted by Gasteiger charge is 2.56. The zero-order chi connectivity index (χ0) is 22.5. The fraction of sp³-hybridized carbons (Fsp3) is 0.591. The molecule has 2 aliphatic heterocycles. The molecular formula is C22H29N5O4S. The van der Waals surface area contributed by atoms with Gasteiger partial charge in [-0.1, -0.05) is 25.1 Å². The summed E-state index contributed by atoms with van der Waals surface area (Å²) in [5.74, 6) is 3.57. The number of sulfonamides is 1. The van der Waals surface area contributed by atoms with Crippen molar-refractivity contribution in [1.82, 2.24) is 19.4 Å². The maximum atomic E-state index is 11.6. The molecule has 0 spiro atoms. The van der Waals surface area contributed by atoms with Crippen LogP contribution in [-0.2, 0) is 10.0 Å². The van der Waals surface area contributed by atoms with Gasteiger partial charge in [0.05, 0.1) is 24.8 Å². The molecule has 4 heterocycles. The maximum Gasteiger partial charge on any atom is 0.324 e. The monoisotopic (exact) mass is 459 g/mol. The van der Waals surface area contributed by atoms with Gasteiger partial charge < -0.3 is 14.2 Å². The van der Waals surface area contributed by atoms with E-state index in [9.17, 15) is 8.42 Å². The molecule has 5 rings (SSSR count). The van der Waals surface area contributed by atoms with Crippen molar-refractivity contribution in [2.24, 2.45) is 17.8 Å². The normalized spacial score (nSPS) is 25.7. The Morgan fingerprint density at radius 2 is 2.03 bits per heavy atom. The molecule has 1 saturated heterocycles. The predicted molar refractivity (Wildman–Crippen MR) is 120 cm³/mol. The molecule has 2 aromatic rings. The summed E-state index contributed by atoms with van der Waals surface area (Å²) in [6, 6.07) is 4.54. The number of fused-ring (bicyclic) bond motifs is 1. The average molecular weight is 460 g/mol. The summed E-state index contributed by atoms with van der Waals surface area (Å²) >= 11 is 0. The smallest absolute Gasteiger partial charge is 0.324 e. The van der Waals surface area contributed by atoms with E-state index in [4.69, 9.17) is 9.26 Å². The molecule has 1 saturated carbocycles. The number of anilines is 1. The topological polar surface area (TPSA) is 102 Å². The van der Waals surface area contributed by atoms with Crippen LogP contribution in [0.2, 0.25) is 0 Å². The van der Waals surface area contributed by atoms with Gasteiger partial charge in [-0.25, -0.2) is 8.42 Å². The number of rotatable bonds is 7. The van der Waals surface area contributed by atoms with Crippen LogP contribution in [0.1, 0.15) is 37.7 Å². The lowest BCUT2D eigenvalue weighted by Gasteiger charge is -2.23. The summed E-state index contributed by atoms with van der Waals surface area (Å²) in [6.45, 7) is 7.58. The molecule has 0 amide bonds. The van der Waals surface area contributed by atoms with Crippen molar-refractivity contribution in [3.05, 3.63) is 35.9 Å². The molecule has 172 valence electrons. The minimum Gasteiger partial charge on any atom is -0.492 e. The van der Waals surface area contributed by atoms with Gasteiger partial charge in [0.15, 0.2) is 5.82 Å². The van der Waals surface area contributed by atoms with E-state index in [0.717, 1.165) is 35.9 Å². The third-order valence-electron chi connectivity index (χ3n) is 6.74. The summed E-state index contributed by atoms with van der Waals surface area (Å²) < 4.78 is 36.2. The highest BCUT2D eigenvalue weighted by Crippen LogP contribution is 2.52. The van der Waals surface area contributed by atoms with E-state index in [-0.39, 0.29) is 5.92 Å². The van der Waals surface area contributed by atoms with Crippen LogP contribution in [0.3, 0.4) is 0 Å². The largest absolute Gasteiger partial charge is 0.492 e. The van der Waals surface area contributed by atoms with Crippen molar-refractivity contribution in [2.45, 2.75) is 26.2 Å². The number of aromatic nitrogens is 3. The fourth-order valence-corrected chi connectivity index (χ4v) is 5.44. The molecule has 3 aliphatic rings. The predicted octanol–water partition coefficient (Wildman–Crippen LogP) is 2.40. The number of piperidine rings is 1. The summed E-state index contributed by atoms with van der Waals surface area (Å²) in [7, 11) is -3.14. The first-order chi connectivity index (χ1) is 15.3. The molecule has 9 nitrogen and oxygen atoms in total. The van der Waals surface area contributed by atoms with Gasteiger partial charge in [0.25, 0.3) is 0 Å². The number of hydrogen-bond acceptors (Lipinski definition) is 8. The second kappa shape index (κ2) is 8.15. The van der Waals surface area contributed by atoms with E-state index in [1.54, 1.807) is 6.20 Å². The van der Waals surface area contributed by atoms with E-state index in [1.807, 2.05) is 18.2 Å². The lowest BCUT2D eigenvalue weighted by Crippen LogP contribution is -2.33. The minimum atomic E-state index is -3.14. The van der Waals surface area contributed by atoms with Crippen LogP contribution >= 0.6 is 0 Å². The Hall–Kier alpha value is -2.46. The Morgan fingerprint density at radius 1 is 1.25 bits per heavy atom. The first-order valence-corrected chi connectivity index (χ1v) is 13.0. The molecule has 2 unspecified atom stereocenters. The first-order valence-electron chi connectivity index (χ1n) is 11.1. The Bertz CT molecular complexity index is 1100. The van der Waals surface area contributed by atoms with Gasteiger partial charge in [-0.2, -0.15) is 9.29 Å². The maximum absolute atomic E-state index is 11.6. The minimum absolute atomic E-state index is 0.266. The van der Waals surface area contributed by atoms with Gasteiger partial charge in [0.2, 0.25) is 10.0 Å². The van der Waals surface area contributed by atoms with Crippen LogP contribution < -0.4 is 9.64 Å². The number of pyridine rings is 1. The van der Waals surface area contributed by atoms with E-state index in [2.05, 4.69) is 33.9 Å². The molecule has 0 radical (unpaired) electrons. The number of hydrogen-bond donors (Lipinski definition) is 0. The molecular weight excluding hydrogens is 430 g/mol. The third kappa shape index (κ3) is 4.25. The van der Waals surface area contributed by atoms with Crippen molar-refractivity contribution < 1.29 is 17.7 Å². The molecule has 3 atom stereocenters. The first kappa shape index (κ1) is 21.4. The molecule has 10 heteroatoms. The van der Waals surface area contributed by atoms with Crippen LogP contribution in [0.25, 0.3) is 5.57 Å². The van der Waals surface area contributed by atoms with E-state index in [1.165, 1.54) is 10.6 Å². The highest BCUT2D eigenvalue weighted by molar-refractivity contribution is 7.88. The van der Waals surface area contributed by atoms with Gasteiger partial charge in [0.1, 0.15) is 5.75 Å². The number of nitrogens with zero attached hydrogens (tertiary/aromatic N) is 5. The summed E-state index contributed by atoms with van der Waals surface area (Å²) in [5.41, 5.74) is 1.96. The zero-order valence-corrected chi connectivity index (χ0v) is 19.5. The van der Waals surface area contributed by atoms with E-state index in [0.29, 0.717) is 49.9 Å². The SMILES string of the molecule is CC(C)c1noc(N2CC3C(COc4ccc(C5=CCN(S(C)(=O)=O)CC5)nc4)[C@@H]3C2)n1. The van der Waals surface area contributed by atoms with Crippen LogP contribution in [0.5, 0.6) is 5.75 Å². The van der Waals surface area contributed by atoms with Gasteiger partial charge in [-0.15, -0.1) is 0 Å². The molecule has 1 aliphatic carbocycles. The standard InChI is InChI=1S/C22H29N5O4S/c1-14(2)21-24-22(31-25-21)26-11-17-18(12-26)19(17)13-30-16-4-5-20(23-10-16)15-6-8-27(9-7-15)32(3,28)29/h4-6,10,14,17-19H,7-9,11-13H2,1-3H3/t17-,18?,19?/m1/s1. The lowest BCUT2D eigenvalue weighted by molar-refractivity contribution is 0.280. The van der Waals surface area contributed by atoms with Crippen LogP contribution in [0.4, 0.5) is 6.01 Å². The zero-order valence-electron chi connectivity index (χ0n) is 18.6. The Labute approximate surface area is 188 Å². The van der Waals surface area contributed by atoms with Gasteiger partial charge in [-0.3, -0.25) is 4.98 Å². The van der Waals surface area contributed by atoms with Crippen molar-refractivity contribution >= 4 is 21.6 Å². The van der Waals surface area contributed by atoms with Crippen LogP contribution in [-0.4, -0.2) is 66.9 Å². The quantitative estimate of drug-likeness (QED) is 0.622. The second-order valence-electron chi connectivity index (χ2n) is 9.28. The van der Waals surface area contributed by atoms with Gasteiger partial charge >= 0.3 is 6.01 Å². The Morgan fingerprint density at radius 3 is 2.59 bits per heavy atom. The van der Waals surface area contributed by atoms with Crippen molar-refractivity contribution in [3.63, 3.8) is 0 Å². The van der Waals surface area contributed by atoms with Gasteiger partial charge in [0, 0.05) is 38.0 Å². The highest BCUT2D eigenvalue weighted by atomic mass is 32.2. The fourth-order valence-electron chi connectivity index (χ4n) is 4.67. The average Bonchev–Trinajstić information content (AvgIpc) is 3.16. The summed E-state index contributed by atoms with van der Waals surface area (Å²) in [5, 5.41) is 4.06. The van der Waals surface area contributed by atoms with Crippen molar-refractivity contribution in [3.8, 4) is 5.75 Å². The van der Waals surface area contributed by atoms with E-state index >= 15 is 0 Å². The Balaban J connectivity index is 1.10. The van der Waals surface area contributed by atoms with E-state index < -0.39 is 10.0 Å².